The number of fused-ring (bicyclic) bond motifs is 1. The van der Waals surface area contributed by atoms with Crippen molar-refractivity contribution in [3.63, 3.8) is 0 Å². The van der Waals surface area contributed by atoms with Crippen molar-refractivity contribution in [3.05, 3.63) is 63.1 Å². The van der Waals surface area contributed by atoms with E-state index in [9.17, 15) is 19.2 Å². The molecule has 0 aliphatic carbocycles. The van der Waals surface area contributed by atoms with E-state index in [0.29, 0.717) is 17.3 Å². The molecule has 3 amide bonds. The Labute approximate surface area is 182 Å². The zero-order valence-corrected chi connectivity index (χ0v) is 17.7. The predicted octanol–water partition coefficient (Wildman–Crippen LogP) is 4.04. The summed E-state index contributed by atoms with van der Waals surface area (Å²) in [5, 5.41) is 3.15. The summed E-state index contributed by atoms with van der Waals surface area (Å²) in [6.07, 6.45) is 0. The minimum absolute atomic E-state index is 0.0728. The van der Waals surface area contributed by atoms with E-state index < -0.39 is 24.4 Å². The molecular formula is C21H18Cl2N2O5. The monoisotopic (exact) mass is 448 g/mol. The summed E-state index contributed by atoms with van der Waals surface area (Å²) in [5.41, 5.74) is 0.867. The van der Waals surface area contributed by atoms with Gasteiger partial charge in [-0.15, -0.1) is 0 Å². The van der Waals surface area contributed by atoms with Gasteiger partial charge in [-0.2, -0.15) is 0 Å². The first-order valence-electron chi connectivity index (χ1n) is 9.09. The number of rotatable bonds is 6. The third-order valence-electron chi connectivity index (χ3n) is 4.29. The summed E-state index contributed by atoms with van der Waals surface area (Å²) in [6.45, 7) is 3.55. The first kappa shape index (κ1) is 21.8. The van der Waals surface area contributed by atoms with Crippen molar-refractivity contribution in [2.24, 2.45) is 5.92 Å². The van der Waals surface area contributed by atoms with Gasteiger partial charge in [-0.25, -0.2) is 4.79 Å². The summed E-state index contributed by atoms with van der Waals surface area (Å²) < 4.78 is 5.01. The van der Waals surface area contributed by atoms with Gasteiger partial charge in [0, 0.05) is 12.2 Å². The van der Waals surface area contributed by atoms with Crippen LogP contribution < -0.4 is 5.32 Å². The van der Waals surface area contributed by atoms with Gasteiger partial charge in [0.1, 0.15) is 0 Å². The Balaban J connectivity index is 1.64. The van der Waals surface area contributed by atoms with Crippen molar-refractivity contribution in [2.45, 2.75) is 13.8 Å². The van der Waals surface area contributed by atoms with E-state index in [1.54, 1.807) is 6.07 Å². The quantitative estimate of drug-likeness (QED) is 0.531. The molecule has 0 unspecified atom stereocenters. The second-order valence-corrected chi connectivity index (χ2v) is 7.94. The van der Waals surface area contributed by atoms with Crippen LogP contribution in [0.15, 0.2) is 36.4 Å². The Morgan fingerprint density at radius 2 is 1.70 bits per heavy atom. The number of anilines is 1. The summed E-state index contributed by atoms with van der Waals surface area (Å²) in [4.78, 5) is 50.3. The Kier molecular flexibility index (Phi) is 6.43. The van der Waals surface area contributed by atoms with Crippen LogP contribution in [0.2, 0.25) is 10.0 Å². The van der Waals surface area contributed by atoms with Crippen molar-refractivity contribution in [1.82, 2.24) is 4.90 Å². The van der Waals surface area contributed by atoms with Crippen LogP contribution in [0.5, 0.6) is 0 Å². The van der Waals surface area contributed by atoms with Crippen LogP contribution in [0.4, 0.5) is 5.69 Å². The molecule has 7 nitrogen and oxygen atoms in total. The van der Waals surface area contributed by atoms with Crippen LogP contribution in [0, 0.1) is 5.92 Å². The number of ether oxygens (including phenoxy) is 1. The number of hydrogen-bond donors (Lipinski definition) is 1. The first-order valence-corrected chi connectivity index (χ1v) is 9.85. The van der Waals surface area contributed by atoms with Gasteiger partial charge in [-0.1, -0.05) is 37.0 Å². The van der Waals surface area contributed by atoms with Crippen LogP contribution in [0.25, 0.3) is 0 Å². The third kappa shape index (κ3) is 4.63. The standard InChI is InChI=1S/C21H18Cl2N2O5/c1-11(2)9-25-19(27)14-5-3-12(7-15(14)20(25)28)21(29)30-10-18(26)24-13-4-6-16(22)17(23)8-13/h3-8,11H,9-10H2,1-2H3,(H,24,26). The molecule has 0 fully saturated rings. The summed E-state index contributed by atoms with van der Waals surface area (Å²) >= 11 is 11.7. The molecule has 3 rings (SSSR count). The average Bonchev–Trinajstić information content (AvgIpc) is 2.93. The van der Waals surface area contributed by atoms with Gasteiger partial charge in [-0.05, 0) is 42.3 Å². The molecule has 0 spiro atoms. The SMILES string of the molecule is CC(C)CN1C(=O)c2ccc(C(=O)OCC(=O)Nc3ccc(Cl)c(Cl)c3)cc2C1=O. The number of carbonyl (C=O) groups excluding carboxylic acids is 4. The van der Waals surface area contributed by atoms with Gasteiger partial charge in [0.25, 0.3) is 17.7 Å². The summed E-state index contributed by atoms with van der Waals surface area (Å²) in [6, 6.07) is 8.67. The molecule has 0 aromatic heterocycles. The van der Waals surface area contributed by atoms with Crippen LogP contribution in [0.1, 0.15) is 44.9 Å². The van der Waals surface area contributed by atoms with Crippen LogP contribution in [-0.4, -0.2) is 41.7 Å². The molecule has 0 saturated carbocycles. The lowest BCUT2D eigenvalue weighted by atomic mass is 10.1. The second-order valence-electron chi connectivity index (χ2n) is 7.13. The van der Waals surface area contributed by atoms with E-state index in [1.807, 2.05) is 13.8 Å². The lowest BCUT2D eigenvalue weighted by Gasteiger charge is -2.15. The molecule has 1 N–H and O–H groups in total. The molecule has 1 aliphatic rings. The fourth-order valence-corrected chi connectivity index (χ4v) is 3.23. The fraction of sp³-hybridized carbons (Fsp3) is 0.238. The van der Waals surface area contributed by atoms with E-state index in [-0.39, 0.29) is 33.5 Å². The zero-order valence-electron chi connectivity index (χ0n) is 16.2. The molecule has 9 heteroatoms. The molecule has 2 aromatic carbocycles. The predicted molar refractivity (Wildman–Crippen MR) is 112 cm³/mol. The Morgan fingerprint density at radius 3 is 2.37 bits per heavy atom. The lowest BCUT2D eigenvalue weighted by molar-refractivity contribution is -0.119. The normalized spacial score (nSPS) is 12.9. The topological polar surface area (TPSA) is 92.8 Å². The molecule has 30 heavy (non-hydrogen) atoms. The van der Waals surface area contributed by atoms with Crippen molar-refractivity contribution < 1.29 is 23.9 Å². The smallest absolute Gasteiger partial charge is 0.338 e. The Morgan fingerprint density at radius 1 is 1.00 bits per heavy atom. The molecule has 1 aliphatic heterocycles. The number of hydrogen-bond acceptors (Lipinski definition) is 5. The molecule has 0 radical (unpaired) electrons. The molecule has 0 atom stereocenters. The maximum atomic E-state index is 12.5. The highest BCUT2D eigenvalue weighted by molar-refractivity contribution is 6.42. The maximum absolute atomic E-state index is 12.5. The summed E-state index contributed by atoms with van der Waals surface area (Å²) in [7, 11) is 0. The van der Waals surface area contributed by atoms with Crippen LogP contribution in [-0.2, 0) is 9.53 Å². The largest absolute Gasteiger partial charge is 0.452 e. The van der Waals surface area contributed by atoms with E-state index in [2.05, 4.69) is 5.32 Å². The number of nitrogens with one attached hydrogen (secondary N) is 1. The van der Waals surface area contributed by atoms with Crippen molar-refractivity contribution in [2.75, 3.05) is 18.5 Å². The first-order chi connectivity index (χ1) is 14.2. The molecular weight excluding hydrogens is 431 g/mol. The maximum Gasteiger partial charge on any atom is 0.338 e. The van der Waals surface area contributed by atoms with Gasteiger partial charge >= 0.3 is 5.97 Å². The number of halogens is 2. The van der Waals surface area contributed by atoms with Crippen LogP contribution in [0.3, 0.4) is 0 Å². The molecule has 1 heterocycles. The zero-order chi connectivity index (χ0) is 22.0. The lowest BCUT2D eigenvalue weighted by Crippen LogP contribution is -2.33. The molecule has 0 bridgehead atoms. The Bertz CT molecular complexity index is 1050. The van der Waals surface area contributed by atoms with E-state index in [4.69, 9.17) is 27.9 Å². The number of nitrogens with zero attached hydrogens (tertiary/aromatic N) is 1. The fourth-order valence-electron chi connectivity index (χ4n) is 2.93. The van der Waals surface area contributed by atoms with E-state index >= 15 is 0 Å². The molecule has 0 saturated heterocycles. The minimum Gasteiger partial charge on any atom is -0.452 e. The van der Waals surface area contributed by atoms with Gasteiger partial charge in [-0.3, -0.25) is 19.3 Å². The second kappa shape index (κ2) is 8.85. The molecule has 156 valence electrons. The van der Waals surface area contributed by atoms with Gasteiger partial charge in [0.2, 0.25) is 0 Å². The molecule has 2 aromatic rings. The van der Waals surface area contributed by atoms with Crippen molar-refractivity contribution in [1.29, 1.82) is 0 Å². The highest BCUT2D eigenvalue weighted by Gasteiger charge is 2.36. The summed E-state index contributed by atoms with van der Waals surface area (Å²) in [5.74, 6) is -2.08. The number of amides is 3. The Hall–Kier alpha value is -2.90. The number of benzene rings is 2. The van der Waals surface area contributed by atoms with Gasteiger partial charge in [0.05, 0.1) is 26.7 Å². The van der Waals surface area contributed by atoms with Crippen molar-refractivity contribution >= 4 is 52.6 Å². The average molecular weight is 449 g/mol. The third-order valence-corrected chi connectivity index (χ3v) is 5.03. The number of esters is 1. The highest BCUT2D eigenvalue weighted by Crippen LogP contribution is 2.26. The van der Waals surface area contributed by atoms with E-state index in [0.717, 1.165) is 4.90 Å². The number of carbonyl (C=O) groups is 4. The van der Waals surface area contributed by atoms with Gasteiger partial charge < -0.3 is 10.1 Å². The highest BCUT2D eigenvalue weighted by atomic mass is 35.5. The van der Waals surface area contributed by atoms with Gasteiger partial charge in [0.15, 0.2) is 6.61 Å². The minimum atomic E-state index is -0.787. The van der Waals surface area contributed by atoms with Crippen LogP contribution >= 0.6 is 23.2 Å². The van der Waals surface area contributed by atoms with Crippen molar-refractivity contribution in [3.8, 4) is 0 Å². The number of imide groups is 1. The van der Waals surface area contributed by atoms with E-state index in [1.165, 1.54) is 30.3 Å².